The van der Waals surface area contributed by atoms with Gasteiger partial charge in [0.25, 0.3) is 0 Å². The molecule has 0 aliphatic rings. The average molecular weight is 272 g/mol. The van der Waals surface area contributed by atoms with Crippen LogP contribution in [0.15, 0.2) is 23.2 Å². The normalized spacial score (nSPS) is 11.6. The number of unbranched alkanes of at least 4 members (excludes halogenated alkanes) is 1. The SMILES string of the molecule is CCCCN=C(N)NCCc1ccc(F)cc1Cl. The summed E-state index contributed by atoms with van der Waals surface area (Å²) in [6.07, 6.45) is 2.82. The molecule has 5 heteroatoms. The van der Waals surface area contributed by atoms with Crippen molar-refractivity contribution in [2.75, 3.05) is 13.1 Å². The van der Waals surface area contributed by atoms with E-state index in [9.17, 15) is 4.39 Å². The van der Waals surface area contributed by atoms with Gasteiger partial charge in [0.1, 0.15) is 5.82 Å². The molecule has 0 fully saturated rings. The summed E-state index contributed by atoms with van der Waals surface area (Å²) in [6.45, 7) is 3.48. The van der Waals surface area contributed by atoms with Gasteiger partial charge in [-0.05, 0) is 30.5 Å². The summed E-state index contributed by atoms with van der Waals surface area (Å²) in [4.78, 5) is 4.17. The summed E-state index contributed by atoms with van der Waals surface area (Å²) in [6, 6.07) is 4.40. The van der Waals surface area contributed by atoms with E-state index in [1.165, 1.54) is 12.1 Å². The molecule has 0 amide bonds. The topological polar surface area (TPSA) is 50.4 Å². The van der Waals surface area contributed by atoms with Crippen molar-refractivity contribution >= 4 is 17.6 Å². The molecule has 100 valence electrons. The second kappa shape index (κ2) is 7.93. The Hall–Kier alpha value is -1.29. The van der Waals surface area contributed by atoms with Crippen molar-refractivity contribution in [2.24, 2.45) is 10.7 Å². The maximum absolute atomic E-state index is 12.8. The Morgan fingerprint density at radius 1 is 1.50 bits per heavy atom. The van der Waals surface area contributed by atoms with Crippen molar-refractivity contribution in [3.8, 4) is 0 Å². The average Bonchev–Trinajstić information content (AvgIpc) is 2.32. The molecule has 0 heterocycles. The predicted octanol–water partition coefficient (Wildman–Crippen LogP) is 2.73. The Balaban J connectivity index is 2.35. The maximum atomic E-state index is 12.8. The monoisotopic (exact) mass is 271 g/mol. The zero-order valence-electron chi connectivity index (χ0n) is 10.5. The number of benzene rings is 1. The van der Waals surface area contributed by atoms with Gasteiger partial charge < -0.3 is 11.1 Å². The first-order chi connectivity index (χ1) is 8.63. The van der Waals surface area contributed by atoms with Crippen LogP contribution >= 0.6 is 11.6 Å². The summed E-state index contributed by atoms with van der Waals surface area (Å²) in [7, 11) is 0. The van der Waals surface area contributed by atoms with Crippen LogP contribution in [0.25, 0.3) is 0 Å². The minimum atomic E-state index is -0.322. The zero-order valence-corrected chi connectivity index (χ0v) is 11.3. The molecule has 0 saturated carbocycles. The molecule has 1 aromatic rings. The third-order valence-corrected chi connectivity index (χ3v) is 2.86. The van der Waals surface area contributed by atoms with E-state index in [4.69, 9.17) is 17.3 Å². The largest absolute Gasteiger partial charge is 0.370 e. The van der Waals surface area contributed by atoms with Gasteiger partial charge in [-0.1, -0.05) is 31.0 Å². The van der Waals surface area contributed by atoms with Gasteiger partial charge in [-0.25, -0.2) is 4.39 Å². The minimum absolute atomic E-state index is 0.322. The van der Waals surface area contributed by atoms with Crippen molar-refractivity contribution < 1.29 is 4.39 Å². The van der Waals surface area contributed by atoms with E-state index in [1.807, 2.05) is 0 Å². The van der Waals surface area contributed by atoms with Crippen molar-refractivity contribution in [2.45, 2.75) is 26.2 Å². The van der Waals surface area contributed by atoms with E-state index in [0.717, 1.165) is 24.9 Å². The number of rotatable bonds is 6. The molecule has 0 spiro atoms. The van der Waals surface area contributed by atoms with Gasteiger partial charge in [0.2, 0.25) is 0 Å². The molecular weight excluding hydrogens is 253 g/mol. The standard InChI is InChI=1S/C13H19ClFN3/c1-2-3-7-17-13(16)18-8-6-10-4-5-11(15)9-12(10)14/h4-5,9H,2-3,6-8H2,1H3,(H3,16,17,18). The fraction of sp³-hybridized carbons (Fsp3) is 0.462. The number of halogens is 2. The molecule has 0 bridgehead atoms. The lowest BCUT2D eigenvalue weighted by Crippen LogP contribution is -2.33. The van der Waals surface area contributed by atoms with Gasteiger partial charge in [-0.15, -0.1) is 0 Å². The number of guanidine groups is 1. The van der Waals surface area contributed by atoms with E-state index in [1.54, 1.807) is 6.07 Å². The van der Waals surface area contributed by atoms with Crippen molar-refractivity contribution in [3.05, 3.63) is 34.6 Å². The Bertz CT molecular complexity index is 407. The van der Waals surface area contributed by atoms with Gasteiger partial charge in [0.05, 0.1) is 0 Å². The molecule has 0 radical (unpaired) electrons. The highest BCUT2D eigenvalue weighted by molar-refractivity contribution is 6.31. The first-order valence-electron chi connectivity index (χ1n) is 6.11. The number of aliphatic imine (C=N–C) groups is 1. The highest BCUT2D eigenvalue weighted by Crippen LogP contribution is 2.17. The van der Waals surface area contributed by atoms with Crippen LogP contribution in [0.2, 0.25) is 5.02 Å². The lowest BCUT2D eigenvalue weighted by molar-refractivity contribution is 0.627. The van der Waals surface area contributed by atoms with Crippen LogP contribution in [-0.2, 0) is 6.42 Å². The zero-order chi connectivity index (χ0) is 13.4. The van der Waals surface area contributed by atoms with E-state index in [0.29, 0.717) is 23.9 Å². The molecule has 1 aromatic carbocycles. The highest BCUT2D eigenvalue weighted by atomic mass is 35.5. The number of nitrogens with two attached hydrogens (primary N) is 1. The second-order valence-corrected chi connectivity index (χ2v) is 4.44. The molecule has 0 aliphatic heterocycles. The summed E-state index contributed by atoms with van der Waals surface area (Å²) in [5.41, 5.74) is 6.58. The van der Waals surface area contributed by atoms with E-state index >= 15 is 0 Å². The van der Waals surface area contributed by atoms with Crippen molar-refractivity contribution in [1.82, 2.24) is 5.32 Å². The number of hydrogen-bond donors (Lipinski definition) is 2. The molecular formula is C13H19ClFN3. The molecule has 0 aliphatic carbocycles. The Labute approximate surface area is 112 Å². The fourth-order valence-corrected chi connectivity index (χ4v) is 1.72. The summed E-state index contributed by atoms with van der Waals surface area (Å²) in [5, 5.41) is 3.45. The molecule has 1 rings (SSSR count). The summed E-state index contributed by atoms with van der Waals surface area (Å²) < 4.78 is 12.8. The van der Waals surface area contributed by atoms with E-state index < -0.39 is 0 Å². The van der Waals surface area contributed by atoms with E-state index in [-0.39, 0.29) is 5.82 Å². The molecule has 0 unspecified atom stereocenters. The van der Waals surface area contributed by atoms with Crippen LogP contribution < -0.4 is 11.1 Å². The predicted molar refractivity (Wildman–Crippen MR) is 74.5 cm³/mol. The van der Waals surface area contributed by atoms with Gasteiger partial charge in [0, 0.05) is 18.1 Å². The van der Waals surface area contributed by atoms with Crippen LogP contribution in [0.4, 0.5) is 4.39 Å². The molecule has 3 nitrogen and oxygen atoms in total. The minimum Gasteiger partial charge on any atom is -0.370 e. The van der Waals surface area contributed by atoms with Crippen LogP contribution in [0.5, 0.6) is 0 Å². The molecule has 3 N–H and O–H groups in total. The summed E-state index contributed by atoms with van der Waals surface area (Å²) in [5.74, 6) is 0.124. The Morgan fingerprint density at radius 3 is 2.94 bits per heavy atom. The van der Waals surface area contributed by atoms with Gasteiger partial charge in [-0.3, -0.25) is 4.99 Å². The Kier molecular flexibility index (Phi) is 6.50. The van der Waals surface area contributed by atoms with Crippen LogP contribution in [0, 0.1) is 5.82 Å². The van der Waals surface area contributed by atoms with Crippen LogP contribution in [0.3, 0.4) is 0 Å². The number of hydrogen-bond acceptors (Lipinski definition) is 1. The number of nitrogens with one attached hydrogen (secondary N) is 1. The van der Waals surface area contributed by atoms with E-state index in [2.05, 4.69) is 17.2 Å². The third kappa shape index (κ3) is 5.36. The lowest BCUT2D eigenvalue weighted by atomic mass is 10.1. The fourth-order valence-electron chi connectivity index (χ4n) is 1.46. The van der Waals surface area contributed by atoms with Gasteiger partial charge in [-0.2, -0.15) is 0 Å². The van der Waals surface area contributed by atoms with Crippen LogP contribution in [0.1, 0.15) is 25.3 Å². The smallest absolute Gasteiger partial charge is 0.188 e. The number of nitrogens with zero attached hydrogens (tertiary/aromatic N) is 1. The highest BCUT2D eigenvalue weighted by Gasteiger charge is 2.01. The first kappa shape index (κ1) is 14.8. The van der Waals surface area contributed by atoms with Gasteiger partial charge in [0.15, 0.2) is 5.96 Å². The quantitative estimate of drug-likeness (QED) is 0.475. The first-order valence-corrected chi connectivity index (χ1v) is 6.49. The maximum Gasteiger partial charge on any atom is 0.188 e. The van der Waals surface area contributed by atoms with Crippen molar-refractivity contribution in [3.63, 3.8) is 0 Å². The third-order valence-electron chi connectivity index (χ3n) is 2.51. The molecule has 0 saturated heterocycles. The summed E-state index contributed by atoms with van der Waals surface area (Å²) >= 11 is 5.92. The lowest BCUT2D eigenvalue weighted by Gasteiger charge is -2.07. The van der Waals surface area contributed by atoms with Crippen LogP contribution in [-0.4, -0.2) is 19.0 Å². The molecule has 18 heavy (non-hydrogen) atoms. The molecule has 0 atom stereocenters. The van der Waals surface area contributed by atoms with Gasteiger partial charge >= 0.3 is 0 Å². The molecule has 0 aromatic heterocycles. The second-order valence-electron chi connectivity index (χ2n) is 4.03. The Morgan fingerprint density at radius 2 is 2.28 bits per heavy atom. The van der Waals surface area contributed by atoms with Crippen molar-refractivity contribution in [1.29, 1.82) is 0 Å².